The molecule has 1 heterocycles. The Morgan fingerprint density at radius 3 is 2.75 bits per heavy atom. The van der Waals surface area contributed by atoms with Crippen LogP contribution in [-0.2, 0) is 6.18 Å². The summed E-state index contributed by atoms with van der Waals surface area (Å²) >= 11 is 3.03. The van der Waals surface area contributed by atoms with Crippen LogP contribution in [0, 0.1) is 3.57 Å². The van der Waals surface area contributed by atoms with Gasteiger partial charge in [0.1, 0.15) is 0 Å². The van der Waals surface area contributed by atoms with Crippen LogP contribution in [0.4, 0.5) is 18.3 Å². The number of alkyl halides is 3. The third kappa shape index (κ3) is 3.40. The Morgan fingerprint density at radius 1 is 1.45 bits per heavy atom. The highest BCUT2D eigenvalue weighted by atomic mass is 127. The highest BCUT2D eigenvalue weighted by Gasteiger charge is 2.34. The molecule has 0 saturated carbocycles. The maximum Gasteiger partial charge on any atom is 0.418 e. The molecule has 0 aliphatic rings. The summed E-state index contributed by atoms with van der Waals surface area (Å²) in [5.41, 5.74) is 2.82. The van der Waals surface area contributed by atoms with Gasteiger partial charge in [0.2, 0.25) is 5.13 Å². The largest absolute Gasteiger partial charge is 0.418 e. The average molecular weight is 413 g/mol. The zero-order chi connectivity index (χ0) is 14.9. The topological polar surface area (TPSA) is 37.3 Å². The number of thiazole rings is 1. The van der Waals surface area contributed by atoms with Gasteiger partial charge >= 0.3 is 6.18 Å². The van der Waals surface area contributed by atoms with Crippen LogP contribution in [0.5, 0.6) is 0 Å². The fourth-order valence-corrected chi connectivity index (χ4v) is 3.19. The first kappa shape index (κ1) is 15.5. The molecule has 1 aromatic heterocycles. The van der Waals surface area contributed by atoms with Crippen molar-refractivity contribution in [2.24, 2.45) is 5.10 Å². The van der Waals surface area contributed by atoms with Crippen LogP contribution in [0.2, 0.25) is 0 Å². The second-order valence-electron chi connectivity index (χ2n) is 4.13. The Bertz CT molecular complexity index is 664. The van der Waals surface area contributed by atoms with Crippen molar-refractivity contribution in [2.45, 2.75) is 26.4 Å². The number of hydrazone groups is 1. The minimum Gasteiger partial charge on any atom is -0.253 e. The number of fused-ring (bicyclic) bond motifs is 1. The number of nitrogens with zero attached hydrogens (tertiary/aromatic N) is 2. The zero-order valence-corrected chi connectivity index (χ0v) is 13.7. The van der Waals surface area contributed by atoms with E-state index in [0.717, 1.165) is 29.5 Å². The van der Waals surface area contributed by atoms with Crippen LogP contribution in [0.1, 0.15) is 25.8 Å². The van der Waals surface area contributed by atoms with E-state index in [9.17, 15) is 13.2 Å². The van der Waals surface area contributed by atoms with Gasteiger partial charge < -0.3 is 0 Å². The number of aromatic nitrogens is 1. The van der Waals surface area contributed by atoms with Gasteiger partial charge in [-0.05, 0) is 48.1 Å². The minimum absolute atomic E-state index is 0.0326. The molecule has 0 spiro atoms. The van der Waals surface area contributed by atoms with E-state index in [-0.39, 0.29) is 5.52 Å². The summed E-state index contributed by atoms with van der Waals surface area (Å²) in [6.45, 7) is 3.79. The van der Waals surface area contributed by atoms with Crippen LogP contribution >= 0.6 is 33.9 Å². The number of nitrogens with one attached hydrogen (secondary N) is 1. The van der Waals surface area contributed by atoms with Gasteiger partial charge in [-0.2, -0.15) is 18.3 Å². The molecule has 0 aliphatic carbocycles. The van der Waals surface area contributed by atoms with Crippen molar-refractivity contribution in [1.29, 1.82) is 0 Å². The standard InChI is InChI=1S/C12H11F3IN3S/c1-3-6(2)18-19-11-17-10-8(12(13,14)15)4-7(16)5-9(10)20-11/h4-5H,3H2,1-2H3,(H,17,19)/b18-6-. The lowest BCUT2D eigenvalue weighted by molar-refractivity contribution is -0.136. The van der Waals surface area contributed by atoms with Crippen LogP contribution in [-0.4, -0.2) is 10.7 Å². The molecule has 0 radical (unpaired) electrons. The molecule has 108 valence electrons. The molecule has 0 bridgehead atoms. The van der Waals surface area contributed by atoms with Crippen LogP contribution in [0.3, 0.4) is 0 Å². The highest BCUT2D eigenvalue weighted by Crippen LogP contribution is 2.38. The molecule has 2 rings (SSSR count). The molecule has 0 unspecified atom stereocenters. The van der Waals surface area contributed by atoms with Gasteiger partial charge in [0.25, 0.3) is 0 Å². The highest BCUT2D eigenvalue weighted by molar-refractivity contribution is 14.1. The Labute approximate surface area is 131 Å². The summed E-state index contributed by atoms with van der Waals surface area (Å²) in [6.07, 6.45) is -3.64. The molecular formula is C12H11F3IN3S. The lowest BCUT2D eigenvalue weighted by Crippen LogP contribution is -2.06. The van der Waals surface area contributed by atoms with E-state index in [1.54, 1.807) is 6.07 Å². The van der Waals surface area contributed by atoms with Crippen molar-refractivity contribution < 1.29 is 13.2 Å². The lowest BCUT2D eigenvalue weighted by Gasteiger charge is -2.07. The van der Waals surface area contributed by atoms with E-state index in [4.69, 9.17) is 0 Å². The van der Waals surface area contributed by atoms with Crippen molar-refractivity contribution in [3.05, 3.63) is 21.3 Å². The molecule has 2 aromatic rings. The van der Waals surface area contributed by atoms with Gasteiger partial charge in [0, 0.05) is 9.28 Å². The van der Waals surface area contributed by atoms with Crippen LogP contribution in [0.15, 0.2) is 17.2 Å². The third-order valence-electron chi connectivity index (χ3n) is 2.62. The average Bonchev–Trinajstić information content (AvgIpc) is 2.76. The third-order valence-corrected chi connectivity index (χ3v) is 4.15. The molecule has 20 heavy (non-hydrogen) atoms. The predicted molar refractivity (Wildman–Crippen MR) is 84.4 cm³/mol. The first-order chi connectivity index (χ1) is 9.31. The Kier molecular flexibility index (Phi) is 4.52. The SMILES string of the molecule is CC/C(C)=N\Nc1nc2c(C(F)(F)F)cc(I)cc2s1. The summed E-state index contributed by atoms with van der Waals surface area (Å²) in [7, 11) is 0. The zero-order valence-electron chi connectivity index (χ0n) is 10.7. The van der Waals surface area contributed by atoms with Gasteiger partial charge in [-0.15, -0.1) is 0 Å². The summed E-state index contributed by atoms with van der Waals surface area (Å²) in [4.78, 5) is 4.00. The fourth-order valence-electron chi connectivity index (χ4n) is 1.48. The molecule has 3 nitrogen and oxygen atoms in total. The minimum atomic E-state index is -4.41. The summed E-state index contributed by atoms with van der Waals surface area (Å²) in [6, 6.07) is 2.79. The lowest BCUT2D eigenvalue weighted by atomic mass is 10.2. The van der Waals surface area contributed by atoms with Gasteiger partial charge in [-0.25, -0.2) is 4.98 Å². The first-order valence-corrected chi connectivity index (χ1v) is 7.67. The summed E-state index contributed by atoms with van der Waals surface area (Å²) < 4.78 is 40.0. The molecule has 0 aliphatic heterocycles. The van der Waals surface area contributed by atoms with Crippen molar-refractivity contribution in [1.82, 2.24) is 4.98 Å². The maximum absolute atomic E-state index is 13.0. The number of hydrogen-bond donors (Lipinski definition) is 1. The van der Waals surface area contributed by atoms with Crippen molar-refractivity contribution >= 4 is 55.0 Å². The smallest absolute Gasteiger partial charge is 0.253 e. The van der Waals surface area contributed by atoms with E-state index in [0.29, 0.717) is 13.4 Å². The molecule has 8 heteroatoms. The van der Waals surface area contributed by atoms with E-state index in [1.165, 1.54) is 0 Å². The molecule has 0 amide bonds. The van der Waals surface area contributed by atoms with E-state index in [2.05, 4.69) is 15.5 Å². The predicted octanol–water partition coefficient (Wildman–Crippen LogP) is 5.12. The molecule has 0 atom stereocenters. The van der Waals surface area contributed by atoms with Crippen LogP contribution in [0.25, 0.3) is 10.2 Å². The normalized spacial score (nSPS) is 13.0. The Morgan fingerprint density at radius 2 is 2.15 bits per heavy atom. The van der Waals surface area contributed by atoms with Gasteiger partial charge in [0.15, 0.2) is 0 Å². The summed E-state index contributed by atoms with van der Waals surface area (Å²) in [5, 5.41) is 4.42. The Balaban J connectivity index is 2.48. The molecule has 1 N–H and O–H groups in total. The van der Waals surface area contributed by atoms with E-state index < -0.39 is 11.7 Å². The molecule has 0 saturated heterocycles. The van der Waals surface area contributed by atoms with Gasteiger partial charge in [0.05, 0.1) is 15.8 Å². The van der Waals surface area contributed by atoms with Gasteiger partial charge in [-0.3, -0.25) is 5.43 Å². The molecule has 0 fully saturated rings. The molecular weight excluding hydrogens is 402 g/mol. The maximum atomic E-state index is 13.0. The van der Waals surface area contributed by atoms with E-state index in [1.807, 2.05) is 36.4 Å². The number of hydrogen-bond acceptors (Lipinski definition) is 4. The van der Waals surface area contributed by atoms with E-state index >= 15 is 0 Å². The fraction of sp³-hybridized carbons (Fsp3) is 0.333. The van der Waals surface area contributed by atoms with Crippen molar-refractivity contribution in [3.63, 3.8) is 0 Å². The van der Waals surface area contributed by atoms with Crippen molar-refractivity contribution in [3.8, 4) is 0 Å². The number of benzene rings is 1. The number of anilines is 1. The van der Waals surface area contributed by atoms with Gasteiger partial charge in [-0.1, -0.05) is 18.3 Å². The second kappa shape index (κ2) is 5.84. The summed E-state index contributed by atoms with van der Waals surface area (Å²) in [5.74, 6) is 0. The second-order valence-corrected chi connectivity index (χ2v) is 6.41. The Hall–Kier alpha value is -0.900. The van der Waals surface area contributed by atoms with Crippen LogP contribution < -0.4 is 5.43 Å². The molecule has 1 aromatic carbocycles. The van der Waals surface area contributed by atoms with Crippen molar-refractivity contribution in [2.75, 3.05) is 5.43 Å². The first-order valence-electron chi connectivity index (χ1n) is 5.77. The quantitative estimate of drug-likeness (QED) is 0.431. The number of halogens is 4. The number of rotatable bonds is 3. The monoisotopic (exact) mass is 413 g/mol.